The summed E-state index contributed by atoms with van der Waals surface area (Å²) < 4.78 is 10.9. The number of ether oxygens (including phenoxy) is 1. The van der Waals surface area contributed by atoms with Crippen LogP contribution >= 0.6 is 0 Å². The van der Waals surface area contributed by atoms with Gasteiger partial charge in [-0.3, -0.25) is 0 Å². The summed E-state index contributed by atoms with van der Waals surface area (Å²) in [6.07, 6.45) is 3.40. The van der Waals surface area contributed by atoms with Crippen LogP contribution in [-0.2, 0) is 0 Å². The fraction of sp³-hybridized carbons (Fsp3) is 0.500. The number of hydrogen-bond donors (Lipinski definition) is 1. The minimum Gasteiger partial charge on any atom is -0.496 e. The molecule has 112 valence electrons. The third kappa shape index (κ3) is 2.65. The van der Waals surface area contributed by atoms with E-state index in [2.05, 4.69) is 10.1 Å². The summed E-state index contributed by atoms with van der Waals surface area (Å²) >= 11 is 0. The van der Waals surface area contributed by atoms with Crippen molar-refractivity contribution >= 4 is 0 Å². The molecule has 0 spiro atoms. The van der Waals surface area contributed by atoms with Gasteiger partial charge in [-0.15, -0.1) is 0 Å². The van der Waals surface area contributed by atoms with Crippen LogP contribution in [0.3, 0.4) is 0 Å². The van der Waals surface area contributed by atoms with Crippen LogP contribution in [0.15, 0.2) is 22.7 Å². The topological polar surface area (TPSA) is 74.2 Å². The van der Waals surface area contributed by atoms with E-state index in [1.807, 2.05) is 25.1 Å². The summed E-state index contributed by atoms with van der Waals surface area (Å²) in [6.45, 7) is 2.70. The van der Waals surface area contributed by atoms with E-state index in [0.29, 0.717) is 30.1 Å². The van der Waals surface area contributed by atoms with Crippen molar-refractivity contribution in [1.82, 2.24) is 10.1 Å². The largest absolute Gasteiger partial charge is 0.496 e. The SMILES string of the molecule is COc1cc(C)ccc1-c1noc(C2CCCC2CN)n1. The van der Waals surface area contributed by atoms with Crippen molar-refractivity contribution < 1.29 is 9.26 Å². The molecule has 1 fully saturated rings. The normalized spacial score (nSPS) is 21.7. The number of aromatic nitrogens is 2. The maximum absolute atomic E-state index is 5.83. The number of aryl methyl sites for hydroxylation is 1. The van der Waals surface area contributed by atoms with Crippen LogP contribution in [0.5, 0.6) is 5.75 Å². The smallest absolute Gasteiger partial charge is 0.230 e. The molecule has 1 aliphatic carbocycles. The van der Waals surface area contributed by atoms with Crippen molar-refractivity contribution in [2.24, 2.45) is 11.7 Å². The number of nitrogens with two attached hydrogens (primary N) is 1. The van der Waals surface area contributed by atoms with Gasteiger partial charge >= 0.3 is 0 Å². The van der Waals surface area contributed by atoms with Gasteiger partial charge in [0.2, 0.25) is 11.7 Å². The Hall–Kier alpha value is -1.88. The van der Waals surface area contributed by atoms with Crippen molar-refractivity contribution in [2.75, 3.05) is 13.7 Å². The quantitative estimate of drug-likeness (QED) is 0.936. The van der Waals surface area contributed by atoms with Crippen molar-refractivity contribution in [1.29, 1.82) is 0 Å². The van der Waals surface area contributed by atoms with E-state index in [4.69, 9.17) is 15.0 Å². The second-order valence-corrected chi connectivity index (χ2v) is 5.69. The van der Waals surface area contributed by atoms with Crippen LogP contribution in [0.4, 0.5) is 0 Å². The van der Waals surface area contributed by atoms with Gasteiger partial charge in [0.25, 0.3) is 0 Å². The zero-order valence-corrected chi connectivity index (χ0v) is 12.5. The van der Waals surface area contributed by atoms with Gasteiger partial charge in [0.05, 0.1) is 12.7 Å². The Morgan fingerprint density at radius 3 is 3.00 bits per heavy atom. The van der Waals surface area contributed by atoms with Crippen LogP contribution in [0, 0.1) is 12.8 Å². The molecule has 0 radical (unpaired) electrons. The predicted octanol–water partition coefficient (Wildman–Crippen LogP) is 2.90. The minimum atomic E-state index is 0.299. The molecule has 2 aromatic rings. The molecule has 21 heavy (non-hydrogen) atoms. The van der Waals surface area contributed by atoms with E-state index in [1.54, 1.807) is 7.11 Å². The Morgan fingerprint density at radius 1 is 1.38 bits per heavy atom. The Labute approximate surface area is 124 Å². The van der Waals surface area contributed by atoms with Crippen LogP contribution in [0.2, 0.25) is 0 Å². The fourth-order valence-electron chi connectivity index (χ4n) is 3.12. The Morgan fingerprint density at radius 2 is 2.24 bits per heavy atom. The first-order valence-corrected chi connectivity index (χ1v) is 7.41. The molecular formula is C16H21N3O2. The molecule has 1 aromatic heterocycles. The lowest BCUT2D eigenvalue weighted by Gasteiger charge is -2.12. The van der Waals surface area contributed by atoms with E-state index in [-0.39, 0.29) is 0 Å². The van der Waals surface area contributed by atoms with E-state index in [9.17, 15) is 0 Å². The van der Waals surface area contributed by atoms with Gasteiger partial charge in [0, 0.05) is 5.92 Å². The summed E-state index contributed by atoms with van der Waals surface area (Å²) in [6, 6.07) is 5.97. The molecule has 1 heterocycles. The molecule has 0 amide bonds. The lowest BCUT2D eigenvalue weighted by molar-refractivity contribution is 0.325. The molecule has 0 bridgehead atoms. The standard InChI is InChI=1S/C16H21N3O2/c1-10-6-7-13(14(8-10)20-2)15-18-16(21-19-15)12-5-3-4-11(12)9-17/h6-8,11-12H,3-5,9,17H2,1-2H3. The van der Waals surface area contributed by atoms with Gasteiger partial charge in [-0.2, -0.15) is 4.98 Å². The van der Waals surface area contributed by atoms with Crippen molar-refractivity contribution in [3.8, 4) is 17.1 Å². The van der Waals surface area contributed by atoms with E-state index in [1.165, 1.54) is 6.42 Å². The van der Waals surface area contributed by atoms with Gasteiger partial charge in [-0.1, -0.05) is 17.6 Å². The Bertz CT molecular complexity index is 624. The third-order valence-corrected chi connectivity index (χ3v) is 4.32. The maximum atomic E-state index is 5.83. The van der Waals surface area contributed by atoms with E-state index >= 15 is 0 Å². The van der Waals surface area contributed by atoms with Crippen LogP contribution in [0.1, 0.15) is 36.6 Å². The van der Waals surface area contributed by atoms with Gasteiger partial charge in [0.1, 0.15) is 5.75 Å². The number of hydrogen-bond acceptors (Lipinski definition) is 5. The highest BCUT2D eigenvalue weighted by molar-refractivity contribution is 5.64. The molecule has 2 N–H and O–H groups in total. The molecule has 1 aliphatic rings. The fourth-order valence-corrected chi connectivity index (χ4v) is 3.12. The molecule has 2 atom stereocenters. The van der Waals surface area contributed by atoms with Crippen LogP contribution in [0.25, 0.3) is 11.4 Å². The number of methoxy groups -OCH3 is 1. The highest BCUT2D eigenvalue weighted by Gasteiger charge is 2.32. The second-order valence-electron chi connectivity index (χ2n) is 5.69. The Balaban J connectivity index is 1.91. The lowest BCUT2D eigenvalue weighted by atomic mass is 9.96. The molecule has 5 nitrogen and oxygen atoms in total. The summed E-state index contributed by atoms with van der Waals surface area (Å²) in [5.74, 6) is 2.82. The van der Waals surface area contributed by atoms with E-state index < -0.39 is 0 Å². The molecule has 1 saturated carbocycles. The van der Waals surface area contributed by atoms with E-state index in [0.717, 1.165) is 29.7 Å². The van der Waals surface area contributed by atoms with Gasteiger partial charge in [0.15, 0.2) is 0 Å². The third-order valence-electron chi connectivity index (χ3n) is 4.32. The minimum absolute atomic E-state index is 0.299. The molecule has 2 unspecified atom stereocenters. The number of rotatable bonds is 4. The van der Waals surface area contributed by atoms with Crippen molar-refractivity contribution in [3.05, 3.63) is 29.7 Å². The lowest BCUT2D eigenvalue weighted by Crippen LogP contribution is -2.17. The Kier molecular flexibility index (Phi) is 3.92. The summed E-state index contributed by atoms with van der Waals surface area (Å²) in [7, 11) is 1.65. The molecule has 0 aliphatic heterocycles. The highest BCUT2D eigenvalue weighted by Crippen LogP contribution is 2.39. The van der Waals surface area contributed by atoms with Crippen LogP contribution < -0.4 is 10.5 Å². The average molecular weight is 287 g/mol. The molecule has 0 saturated heterocycles. The van der Waals surface area contributed by atoms with Crippen molar-refractivity contribution in [2.45, 2.75) is 32.1 Å². The molecular weight excluding hydrogens is 266 g/mol. The zero-order valence-electron chi connectivity index (χ0n) is 12.5. The van der Waals surface area contributed by atoms with Gasteiger partial charge in [-0.05, 0) is 49.9 Å². The molecule has 3 rings (SSSR count). The van der Waals surface area contributed by atoms with Gasteiger partial charge < -0.3 is 15.0 Å². The average Bonchev–Trinajstić information content (AvgIpc) is 3.15. The predicted molar refractivity (Wildman–Crippen MR) is 80.2 cm³/mol. The maximum Gasteiger partial charge on any atom is 0.230 e. The summed E-state index contributed by atoms with van der Waals surface area (Å²) in [5.41, 5.74) is 7.83. The molecule has 1 aromatic carbocycles. The first-order chi connectivity index (χ1) is 10.2. The van der Waals surface area contributed by atoms with Crippen LogP contribution in [-0.4, -0.2) is 23.8 Å². The zero-order chi connectivity index (χ0) is 14.8. The number of nitrogens with zero attached hydrogens (tertiary/aromatic N) is 2. The first-order valence-electron chi connectivity index (χ1n) is 7.41. The highest BCUT2D eigenvalue weighted by atomic mass is 16.5. The second kappa shape index (κ2) is 5.85. The van der Waals surface area contributed by atoms with Gasteiger partial charge in [-0.25, -0.2) is 0 Å². The van der Waals surface area contributed by atoms with Crippen molar-refractivity contribution in [3.63, 3.8) is 0 Å². The first kappa shape index (κ1) is 14.1. The summed E-state index contributed by atoms with van der Waals surface area (Å²) in [5, 5.41) is 4.13. The monoisotopic (exact) mass is 287 g/mol. The summed E-state index contributed by atoms with van der Waals surface area (Å²) in [4.78, 5) is 4.59. The number of benzene rings is 1. The molecule has 5 heteroatoms.